The average molecular weight is 260 g/mol. The third-order valence-electron chi connectivity index (χ3n) is 3.28. The van der Waals surface area contributed by atoms with Crippen LogP contribution in [-0.2, 0) is 6.54 Å². The Hall–Kier alpha value is -0.240. The zero-order valence-electron chi connectivity index (χ0n) is 10.1. The molecule has 0 aliphatic heterocycles. The molecule has 0 aliphatic rings. The van der Waals surface area contributed by atoms with Crippen molar-refractivity contribution in [1.82, 2.24) is 5.32 Å². The third-order valence-corrected chi connectivity index (χ3v) is 3.87. The highest BCUT2D eigenvalue weighted by molar-refractivity contribution is 6.35. The molecule has 1 nitrogen and oxygen atoms in total. The molecule has 0 saturated heterocycles. The molecule has 1 aromatic rings. The van der Waals surface area contributed by atoms with E-state index in [9.17, 15) is 0 Å². The van der Waals surface area contributed by atoms with E-state index in [4.69, 9.17) is 23.2 Å². The van der Waals surface area contributed by atoms with Crippen LogP contribution in [0, 0.1) is 0 Å². The van der Waals surface area contributed by atoms with Gasteiger partial charge in [-0.05, 0) is 37.5 Å². The molecule has 0 bridgehead atoms. The predicted molar refractivity (Wildman–Crippen MR) is 72.3 cm³/mol. The van der Waals surface area contributed by atoms with Crippen LogP contribution in [0.2, 0.25) is 10.0 Å². The molecular weight excluding hydrogens is 241 g/mol. The van der Waals surface area contributed by atoms with Gasteiger partial charge in [0.25, 0.3) is 0 Å². The minimum atomic E-state index is 0.183. The van der Waals surface area contributed by atoms with Gasteiger partial charge >= 0.3 is 0 Å². The summed E-state index contributed by atoms with van der Waals surface area (Å²) in [5, 5.41) is 4.96. The second kappa shape index (κ2) is 5.90. The maximum absolute atomic E-state index is 6.12. The molecule has 0 aliphatic carbocycles. The van der Waals surface area contributed by atoms with E-state index < -0.39 is 0 Å². The van der Waals surface area contributed by atoms with Crippen LogP contribution < -0.4 is 5.32 Å². The minimum Gasteiger partial charge on any atom is -0.307 e. The van der Waals surface area contributed by atoms with Gasteiger partial charge in [0.05, 0.1) is 0 Å². The summed E-state index contributed by atoms with van der Waals surface area (Å²) in [5.41, 5.74) is 1.28. The van der Waals surface area contributed by atoms with E-state index in [1.165, 1.54) is 0 Å². The Morgan fingerprint density at radius 1 is 1.19 bits per heavy atom. The van der Waals surface area contributed by atoms with E-state index in [0.717, 1.165) is 30.0 Å². The zero-order valence-corrected chi connectivity index (χ0v) is 11.6. The molecular formula is C13H19Cl2N. The van der Waals surface area contributed by atoms with Gasteiger partial charge in [-0.3, -0.25) is 0 Å². The summed E-state index contributed by atoms with van der Waals surface area (Å²) >= 11 is 12.0. The molecule has 0 fully saturated rings. The Balaban J connectivity index is 2.67. The van der Waals surface area contributed by atoms with Crippen molar-refractivity contribution in [3.63, 3.8) is 0 Å². The molecule has 90 valence electrons. The van der Waals surface area contributed by atoms with Gasteiger partial charge in [0.2, 0.25) is 0 Å². The maximum atomic E-state index is 6.12. The van der Waals surface area contributed by atoms with E-state index in [2.05, 4.69) is 26.1 Å². The fourth-order valence-corrected chi connectivity index (χ4v) is 1.95. The zero-order chi connectivity index (χ0) is 12.2. The highest BCUT2D eigenvalue weighted by Crippen LogP contribution is 2.22. The van der Waals surface area contributed by atoms with Gasteiger partial charge in [-0.2, -0.15) is 0 Å². The number of halogens is 2. The Labute approximate surface area is 108 Å². The van der Waals surface area contributed by atoms with Gasteiger partial charge < -0.3 is 5.32 Å². The van der Waals surface area contributed by atoms with Gasteiger partial charge in [-0.25, -0.2) is 0 Å². The Morgan fingerprint density at radius 3 is 2.31 bits per heavy atom. The molecule has 3 heteroatoms. The van der Waals surface area contributed by atoms with Crippen molar-refractivity contribution < 1.29 is 0 Å². The first-order valence-electron chi connectivity index (χ1n) is 5.69. The number of hydrogen-bond acceptors (Lipinski definition) is 1. The number of benzene rings is 1. The lowest BCUT2D eigenvalue weighted by Gasteiger charge is -2.28. The van der Waals surface area contributed by atoms with Crippen molar-refractivity contribution in [3.8, 4) is 0 Å². The van der Waals surface area contributed by atoms with Crippen LogP contribution in [0.15, 0.2) is 18.2 Å². The largest absolute Gasteiger partial charge is 0.307 e. The third kappa shape index (κ3) is 3.65. The van der Waals surface area contributed by atoms with Gasteiger partial charge in [-0.15, -0.1) is 0 Å². The molecule has 1 N–H and O–H groups in total. The monoisotopic (exact) mass is 259 g/mol. The smallest absolute Gasteiger partial charge is 0.0465 e. The van der Waals surface area contributed by atoms with Crippen molar-refractivity contribution in [2.45, 2.75) is 45.7 Å². The average Bonchev–Trinajstić information content (AvgIpc) is 2.27. The van der Waals surface area contributed by atoms with Crippen LogP contribution >= 0.6 is 23.2 Å². The molecule has 0 aromatic heterocycles. The van der Waals surface area contributed by atoms with Crippen LogP contribution in [0.5, 0.6) is 0 Å². The van der Waals surface area contributed by atoms with Gasteiger partial charge in [0.1, 0.15) is 0 Å². The summed E-state index contributed by atoms with van der Waals surface area (Å²) in [6.45, 7) is 7.41. The van der Waals surface area contributed by atoms with Gasteiger partial charge in [-0.1, -0.05) is 43.1 Å². The summed E-state index contributed by atoms with van der Waals surface area (Å²) in [4.78, 5) is 0. The molecule has 1 rings (SSSR count). The lowest BCUT2D eigenvalue weighted by molar-refractivity contribution is 0.329. The molecule has 0 amide bonds. The quantitative estimate of drug-likeness (QED) is 0.811. The van der Waals surface area contributed by atoms with Crippen molar-refractivity contribution in [3.05, 3.63) is 33.8 Å². The van der Waals surface area contributed by atoms with Crippen molar-refractivity contribution in [1.29, 1.82) is 0 Å². The van der Waals surface area contributed by atoms with E-state index in [1.807, 2.05) is 12.1 Å². The molecule has 0 spiro atoms. The van der Waals surface area contributed by atoms with Crippen LogP contribution in [-0.4, -0.2) is 5.54 Å². The van der Waals surface area contributed by atoms with Gasteiger partial charge in [0, 0.05) is 22.1 Å². The second-order valence-corrected chi connectivity index (χ2v) is 5.20. The topological polar surface area (TPSA) is 12.0 Å². The first-order valence-corrected chi connectivity index (χ1v) is 6.45. The van der Waals surface area contributed by atoms with Gasteiger partial charge in [0.15, 0.2) is 0 Å². The van der Waals surface area contributed by atoms with Crippen molar-refractivity contribution >= 4 is 23.2 Å². The number of rotatable bonds is 5. The molecule has 0 saturated carbocycles. The fourth-order valence-electron chi connectivity index (χ4n) is 1.47. The first kappa shape index (κ1) is 13.8. The summed E-state index contributed by atoms with van der Waals surface area (Å²) in [6, 6.07) is 5.64. The van der Waals surface area contributed by atoms with E-state index in [1.54, 1.807) is 6.07 Å². The summed E-state index contributed by atoms with van der Waals surface area (Å²) < 4.78 is 0. The Bertz CT molecular complexity index is 346. The van der Waals surface area contributed by atoms with E-state index >= 15 is 0 Å². The normalized spacial score (nSPS) is 11.8. The minimum absolute atomic E-state index is 0.183. The number of nitrogens with one attached hydrogen (secondary N) is 1. The van der Waals surface area contributed by atoms with Crippen molar-refractivity contribution in [2.24, 2.45) is 0 Å². The molecule has 0 radical (unpaired) electrons. The predicted octanol–water partition coefficient (Wildman–Crippen LogP) is 4.66. The molecule has 0 heterocycles. The van der Waals surface area contributed by atoms with Crippen LogP contribution in [0.1, 0.15) is 39.2 Å². The fraction of sp³-hybridized carbons (Fsp3) is 0.538. The number of hydrogen-bond donors (Lipinski definition) is 1. The molecule has 0 atom stereocenters. The second-order valence-electron chi connectivity index (χ2n) is 4.36. The summed E-state index contributed by atoms with van der Waals surface area (Å²) in [5.74, 6) is 0. The Morgan fingerprint density at radius 2 is 1.81 bits per heavy atom. The van der Waals surface area contributed by atoms with E-state index in [-0.39, 0.29) is 5.54 Å². The summed E-state index contributed by atoms with van der Waals surface area (Å²) in [7, 11) is 0. The van der Waals surface area contributed by atoms with E-state index in [0.29, 0.717) is 5.02 Å². The molecule has 1 aromatic carbocycles. The highest BCUT2D eigenvalue weighted by Gasteiger charge is 2.18. The van der Waals surface area contributed by atoms with Crippen LogP contribution in [0.25, 0.3) is 0 Å². The lowest BCUT2D eigenvalue weighted by Crippen LogP contribution is -2.40. The first-order chi connectivity index (χ1) is 7.50. The standard InChI is InChI=1S/C13H19Cl2N/c1-4-13(3,5-2)16-9-10-6-7-11(14)8-12(10)15/h6-8,16H,4-5,9H2,1-3H3. The lowest BCUT2D eigenvalue weighted by atomic mass is 9.95. The Kier molecular flexibility index (Phi) is 5.10. The highest BCUT2D eigenvalue weighted by atomic mass is 35.5. The summed E-state index contributed by atoms with van der Waals surface area (Å²) in [6.07, 6.45) is 2.21. The maximum Gasteiger partial charge on any atom is 0.0465 e. The molecule has 0 unspecified atom stereocenters. The van der Waals surface area contributed by atoms with Crippen LogP contribution in [0.4, 0.5) is 0 Å². The molecule has 16 heavy (non-hydrogen) atoms. The van der Waals surface area contributed by atoms with Crippen LogP contribution in [0.3, 0.4) is 0 Å². The SMILES string of the molecule is CCC(C)(CC)NCc1ccc(Cl)cc1Cl. The van der Waals surface area contributed by atoms with Crippen molar-refractivity contribution in [2.75, 3.05) is 0 Å².